The minimum absolute atomic E-state index is 0.191. The number of ether oxygens (including phenoxy) is 1. The largest absolute Gasteiger partial charge is 0.489 e. The van der Waals surface area contributed by atoms with Crippen molar-refractivity contribution in [3.8, 4) is 5.75 Å². The molecule has 0 aliphatic rings. The molecule has 0 bridgehead atoms. The fourth-order valence-electron chi connectivity index (χ4n) is 1.47. The van der Waals surface area contributed by atoms with Crippen molar-refractivity contribution in [3.63, 3.8) is 0 Å². The summed E-state index contributed by atoms with van der Waals surface area (Å²) in [4.78, 5) is 0. The van der Waals surface area contributed by atoms with Crippen molar-refractivity contribution in [3.05, 3.63) is 64.4 Å². The molecule has 0 radical (unpaired) electrons. The smallest absolute Gasteiger partial charge is 0.131 e. The van der Waals surface area contributed by atoms with Crippen molar-refractivity contribution >= 4 is 27.5 Å². The van der Waals surface area contributed by atoms with Crippen LogP contribution in [0, 0.1) is 5.82 Å². The summed E-state index contributed by atoms with van der Waals surface area (Å²) in [5.74, 6) is 0.369. The zero-order valence-corrected chi connectivity index (χ0v) is 11.8. The molecule has 0 fully saturated rings. The molecule has 0 aliphatic heterocycles. The van der Waals surface area contributed by atoms with Crippen LogP contribution in [0.4, 0.5) is 4.39 Å². The molecule has 0 unspecified atom stereocenters. The van der Waals surface area contributed by atoms with Crippen molar-refractivity contribution in [1.82, 2.24) is 0 Å². The van der Waals surface area contributed by atoms with E-state index in [4.69, 9.17) is 16.3 Å². The highest BCUT2D eigenvalue weighted by molar-refractivity contribution is 9.08. The van der Waals surface area contributed by atoms with Crippen molar-refractivity contribution in [2.75, 3.05) is 0 Å². The van der Waals surface area contributed by atoms with Crippen molar-refractivity contribution < 1.29 is 9.13 Å². The molecule has 0 atom stereocenters. The topological polar surface area (TPSA) is 9.23 Å². The van der Waals surface area contributed by atoms with Gasteiger partial charge in [0.2, 0.25) is 0 Å². The van der Waals surface area contributed by atoms with Gasteiger partial charge in [-0.1, -0.05) is 45.7 Å². The SMILES string of the molecule is Fc1cc(Cl)ccc1COc1ccc(CBr)cc1. The third-order valence-electron chi connectivity index (χ3n) is 2.49. The fourth-order valence-corrected chi connectivity index (χ4v) is 2.01. The number of hydrogen-bond donors (Lipinski definition) is 0. The average molecular weight is 330 g/mol. The van der Waals surface area contributed by atoms with E-state index in [2.05, 4.69) is 15.9 Å². The average Bonchev–Trinajstić information content (AvgIpc) is 2.38. The zero-order chi connectivity index (χ0) is 13.0. The Labute approximate surface area is 119 Å². The highest BCUT2D eigenvalue weighted by atomic mass is 79.9. The minimum Gasteiger partial charge on any atom is -0.489 e. The van der Waals surface area contributed by atoms with Crippen LogP contribution < -0.4 is 4.74 Å². The van der Waals surface area contributed by atoms with Gasteiger partial charge in [0, 0.05) is 15.9 Å². The Morgan fingerprint density at radius 3 is 2.44 bits per heavy atom. The molecule has 0 spiro atoms. The van der Waals surface area contributed by atoms with E-state index in [0.29, 0.717) is 16.3 Å². The van der Waals surface area contributed by atoms with Gasteiger partial charge in [-0.3, -0.25) is 0 Å². The second-order valence-corrected chi connectivity index (χ2v) is 4.80. The van der Waals surface area contributed by atoms with Gasteiger partial charge in [0.05, 0.1) is 0 Å². The predicted molar refractivity (Wildman–Crippen MR) is 74.8 cm³/mol. The predicted octanol–water partition coefficient (Wildman–Crippen LogP) is 4.95. The van der Waals surface area contributed by atoms with Gasteiger partial charge >= 0.3 is 0 Å². The normalized spacial score (nSPS) is 10.4. The molecular formula is C14H11BrClFO. The summed E-state index contributed by atoms with van der Waals surface area (Å²) in [6, 6.07) is 12.2. The molecule has 2 aromatic carbocycles. The van der Waals surface area contributed by atoms with E-state index < -0.39 is 0 Å². The van der Waals surface area contributed by atoms with Crippen LogP contribution in [0.15, 0.2) is 42.5 Å². The molecule has 0 aromatic heterocycles. The molecule has 18 heavy (non-hydrogen) atoms. The first kappa shape index (κ1) is 13.4. The van der Waals surface area contributed by atoms with E-state index in [1.807, 2.05) is 24.3 Å². The lowest BCUT2D eigenvalue weighted by molar-refractivity contribution is 0.300. The number of alkyl halides is 1. The third kappa shape index (κ3) is 3.47. The Morgan fingerprint density at radius 1 is 1.11 bits per heavy atom. The van der Waals surface area contributed by atoms with E-state index in [0.717, 1.165) is 5.33 Å². The highest BCUT2D eigenvalue weighted by Gasteiger charge is 2.04. The van der Waals surface area contributed by atoms with E-state index >= 15 is 0 Å². The highest BCUT2D eigenvalue weighted by Crippen LogP contribution is 2.18. The number of rotatable bonds is 4. The van der Waals surface area contributed by atoms with E-state index in [1.165, 1.54) is 11.6 Å². The molecule has 0 saturated heterocycles. The van der Waals surface area contributed by atoms with Crippen molar-refractivity contribution in [2.45, 2.75) is 11.9 Å². The van der Waals surface area contributed by atoms with Crippen LogP contribution in [0.5, 0.6) is 5.75 Å². The fraction of sp³-hybridized carbons (Fsp3) is 0.143. The Kier molecular flexibility index (Phi) is 4.61. The van der Waals surface area contributed by atoms with Crippen LogP contribution in [-0.2, 0) is 11.9 Å². The summed E-state index contributed by atoms with van der Waals surface area (Å²) in [6.45, 7) is 0.191. The van der Waals surface area contributed by atoms with E-state index in [1.54, 1.807) is 12.1 Å². The van der Waals surface area contributed by atoms with Crippen LogP contribution in [0.3, 0.4) is 0 Å². The van der Waals surface area contributed by atoms with Gasteiger partial charge in [-0.2, -0.15) is 0 Å². The Balaban J connectivity index is 2.02. The van der Waals surface area contributed by atoms with Gasteiger partial charge in [0.1, 0.15) is 18.2 Å². The summed E-state index contributed by atoms with van der Waals surface area (Å²) >= 11 is 9.05. The number of benzene rings is 2. The van der Waals surface area contributed by atoms with Crippen LogP contribution in [0.25, 0.3) is 0 Å². The maximum atomic E-state index is 13.5. The summed E-state index contributed by atoms with van der Waals surface area (Å²) in [5.41, 5.74) is 1.66. The van der Waals surface area contributed by atoms with Gasteiger partial charge in [-0.15, -0.1) is 0 Å². The molecule has 2 aromatic rings. The number of halogens is 3. The van der Waals surface area contributed by atoms with Gasteiger partial charge < -0.3 is 4.74 Å². The maximum absolute atomic E-state index is 13.5. The lowest BCUT2D eigenvalue weighted by Crippen LogP contribution is -1.98. The van der Waals surface area contributed by atoms with Crippen molar-refractivity contribution in [1.29, 1.82) is 0 Å². The minimum atomic E-state index is -0.348. The molecule has 94 valence electrons. The van der Waals surface area contributed by atoms with Crippen LogP contribution in [-0.4, -0.2) is 0 Å². The van der Waals surface area contributed by atoms with Gasteiger partial charge in [-0.05, 0) is 29.8 Å². The summed E-state index contributed by atoms with van der Waals surface area (Å²) < 4.78 is 19.0. The van der Waals surface area contributed by atoms with E-state index in [-0.39, 0.29) is 12.4 Å². The second-order valence-electron chi connectivity index (χ2n) is 3.80. The third-order valence-corrected chi connectivity index (χ3v) is 3.37. The molecule has 4 heteroatoms. The first-order chi connectivity index (χ1) is 8.69. The molecule has 0 aliphatic carbocycles. The lowest BCUT2D eigenvalue weighted by atomic mass is 10.2. The molecule has 1 nitrogen and oxygen atoms in total. The Bertz CT molecular complexity index is 528. The lowest BCUT2D eigenvalue weighted by Gasteiger charge is -2.07. The summed E-state index contributed by atoms with van der Waals surface area (Å²) in [6.07, 6.45) is 0. The molecule has 0 amide bonds. The Hall–Kier alpha value is -1.06. The van der Waals surface area contributed by atoms with Crippen LogP contribution in [0.1, 0.15) is 11.1 Å². The van der Waals surface area contributed by atoms with E-state index in [9.17, 15) is 4.39 Å². The monoisotopic (exact) mass is 328 g/mol. The number of hydrogen-bond acceptors (Lipinski definition) is 1. The van der Waals surface area contributed by atoms with Crippen LogP contribution in [0.2, 0.25) is 5.02 Å². The summed E-state index contributed by atoms with van der Waals surface area (Å²) in [7, 11) is 0. The molecule has 0 heterocycles. The first-order valence-corrected chi connectivity index (χ1v) is 6.90. The molecular weight excluding hydrogens is 319 g/mol. The van der Waals surface area contributed by atoms with Gasteiger partial charge in [0.25, 0.3) is 0 Å². The summed E-state index contributed by atoms with van der Waals surface area (Å²) in [5, 5.41) is 1.19. The van der Waals surface area contributed by atoms with Crippen molar-refractivity contribution in [2.24, 2.45) is 0 Å². The van der Waals surface area contributed by atoms with Gasteiger partial charge in [-0.25, -0.2) is 4.39 Å². The second kappa shape index (κ2) is 6.21. The zero-order valence-electron chi connectivity index (χ0n) is 9.50. The standard InChI is InChI=1S/C14H11BrClFO/c15-8-10-1-5-13(6-2-10)18-9-11-3-4-12(16)7-14(11)17/h1-7H,8-9H2. The molecule has 0 N–H and O–H groups in total. The maximum Gasteiger partial charge on any atom is 0.131 e. The quantitative estimate of drug-likeness (QED) is 0.721. The molecule has 0 saturated carbocycles. The Morgan fingerprint density at radius 2 is 1.83 bits per heavy atom. The van der Waals surface area contributed by atoms with Crippen LogP contribution >= 0.6 is 27.5 Å². The van der Waals surface area contributed by atoms with Gasteiger partial charge in [0.15, 0.2) is 0 Å². The molecule has 2 rings (SSSR count). The first-order valence-electron chi connectivity index (χ1n) is 5.40.